The minimum Gasteiger partial charge on any atom is -0.494 e. The van der Waals surface area contributed by atoms with Crippen LogP contribution in [0.15, 0.2) is 41.3 Å². The van der Waals surface area contributed by atoms with Crippen LogP contribution < -0.4 is 15.2 Å². The molecule has 0 atom stereocenters. The molecule has 3 rings (SSSR count). The Kier molecular flexibility index (Phi) is 4.60. The fourth-order valence-corrected chi connectivity index (χ4v) is 3.70. The lowest BCUT2D eigenvalue weighted by atomic mass is 10.2. The van der Waals surface area contributed by atoms with Crippen molar-refractivity contribution in [3.63, 3.8) is 0 Å². The van der Waals surface area contributed by atoms with Gasteiger partial charge in [-0.15, -0.1) is 6.42 Å². The van der Waals surface area contributed by atoms with E-state index < -0.39 is 0 Å². The number of nitrogens with two attached hydrogens (primary N) is 1. The first-order chi connectivity index (χ1) is 11.2. The standard InChI is InChI=1S/C17H15N3OS2/c1-3-11-9-12(18)5-8-15(11)23-20-17-19-14-7-6-13(21-4-2)10-16(14)22-17/h1,5-10H,4,18H2,2H3,(H,19,20). The molecule has 23 heavy (non-hydrogen) atoms. The van der Waals surface area contributed by atoms with E-state index in [2.05, 4.69) is 15.6 Å². The number of fused-ring (bicyclic) bond motifs is 1. The summed E-state index contributed by atoms with van der Waals surface area (Å²) in [6, 6.07) is 11.4. The smallest absolute Gasteiger partial charge is 0.194 e. The average molecular weight is 341 g/mol. The maximum absolute atomic E-state index is 5.75. The number of hydrogen-bond donors (Lipinski definition) is 2. The first-order valence-electron chi connectivity index (χ1n) is 7.02. The van der Waals surface area contributed by atoms with Gasteiger partial charge in [0.2, 0.25) is 0 Å². The van der Waals surface area contributed by atoms with E-state index in [0.717, 1.165) is 31.6 Å². The Bertz CT molecular complexity index is 883. The molecule has 0 fully saturated rings. The van der Waals surface area contributed by atoms with Gasteiger partial charge in [-0.3, -0.25) is 0 Å². The summed E-state index contributed by atoms with van der Waals surface area (Å²) in [6.07, 6.45) is 5.52. The second kappa shape index (κ2) is 6.82. The Balaban J connectivity index is 1.78. The molecule has 1 aromatic heterocycles. The van der Waals surface area contributed by atoms with Crippen LogP contribution >= 0.6 is 23.3 Å². The summed E-state index contributed by atoms with van der Waals surface area (Å²) in [6.45, 7) is 2.62. The number of ether oxygens (including phenoxy) is 1. The normalized spacial score (nSPS) is 10.4. The third kappa shape index (κ3) is 3.52. The lowest BCUT2D eigenvalue weighted by Gasteiger charge is -2.05. The molecule has 0 amide bonds. The molecule has 0 radical (unpaired) electrons. The molecule has 0 saturated heterocycles. The molecule has 0 aliphatic heterocycles. The van der Waals surface area contributed by atoms with Gasteiger partial charge >= 0.3 is 0 Å². The maximum Gasteiger partial charge on any atom is 0.194 e. The van der Waals surface area contributed by atoms with Crippen molar-refractivity contribution in [2.45, 2.75) is 11.8 Å². The number of aromatic nitrogens is 1. The van der Waals surface area contributed by atoms with Crippen molar-refractivity contribution in [1.82, 2.24) is 4.98 Å². The number of nitrogens with zero attached hydrogens (tertiary/aromatic N) is 1. The van der Waals surface area contributed by atoms with E-state index in [1.54, 1.807) is 17.4 Å². The highest BCUT2D eigenvalue weighted by molar-refractivity contribution is 8.00. The van der Waals surface area contributed by atoms with E-state index >= 15 is 0 Å². The number of thiazole rings is 1. The molecule has 0 saturated carbocycles. The lowest BCUT2D eigenvalue weighted by Crippen LogP contribution is -1.91. The van der Waals surface area contributed by atoms with Crippen LogP contribution in [0.1, 0.15) is 12.5 Å². The summed E-state index contributed by atoms with van der Waals surface area (Å²) in [5.41, 5.74) is 8.12. The number of benzene rings is 2. The zero-order chi connectivity index (χ0) is 16.2. The minimum atomic E-state index is 0.650. The molecular weight excluding hydrogens is 326 g/mol. The van der Waals surface area contributed by atoms with E-state index in [9.17, 15) is 0 Å². The van der Waals surface area contributed by atoms with Crippen molar-refractivity contribution in [1.29, 1.82) is 0 Å². The molecule has 4 nitrogen and oxygen atoms in total. The molecule has 0 unspecified atom stereocenters. The van der Waals surface area contributed by atoms with Crippen LogP contribution in [0.4, 0.5) is 10.8 Å². The van der Waals surface area contributed by atoms with Crippen molar-refractivity contribution >= 4 is 44.3 Å². The maximum atomic E-state index is 5.75. The fraction of sp³-hybridized carbons (Fsp3) is 0.118. The number of terminal acetylenes is 1. The number of rotatable bonds is 5. The number of nitrogen functional groups attached to an aromatic ring is 1. The van der Waals surface area contributed by atoms with E-state index in [1.165, 1.54) is 11.9 Å². The Morgan fingerprint density at radius 1 is 1.35 bits per heavy atom. The average Bonchev–Trinajstić information content (AvgIpc) is 2.96. The summed E-state index contributed by atoms with van der Waals surface area (Å²) < 4.78 is 9.83. The lowest BCUT2D eigenvalue weighted by molar-refractivity contribution is 0.341. The molecule has 3 N–H and O–H groups in total. The predicted octanol–water partition coefficient (Wildman–Crippen LogP) is 4.38. The van der Waals surface area contributed by atoms with Gasteiger partial charge in [-0.05, 0) is 55.3 Å². The molecule has 0 bridgehead atoms. The largest absolute Gasteiger partial charge is 0.494 e. The van der Waals surface area contributed by atoms with E-state index in [4.69, 9.17) is 16.9 Å². The molecule has 2 aromatic carbocycles. The van der Waals surface area contributed by atoms with Gasteiger partial charge in [0, 0.05) is 16.1 Å². The van der Waals surface area contributed by atoms with Crippen LogP contribution in [-0.2, 0) is 0 Å². The second-order valence-electron chi connectivity index (χ2n) is 4.69. The van der Waals surface area contributed by atoms with Crippen molar-refractivity contribution in [3.8, 4) is 18.1 Å². The van der Waals surface area contributed by atoms with Gasteiger partial charge in [-0.25, -0.2) is 4.98 Å². The fourth-order valence-electron chi connectivity index (χ4n) is 2.05. The first kappa shape index (κ1) is 15.5. The Hall–Kier alpha value is -2.36. The van der Waals surface area contributed by atoms with Crippen molar-refractivity contribution in [2.75, 3.05) is 17.1 Å². The highest BCUT2D eigenvalue weighted by Gasteiger charge is 2.07. The second-order valence-corrected chi connectivity index (χ2v) is 6.56. The summed E-state index contributed by atoms with van der Waals surface area (Å²) in [5.74, 6) is 3.50. The summed E-state index contributed by atoms with van der Waals surface area (Å²) in [4.78, 5) is 5.50. The van der Waals surface area contributed by atoms with Crippen LogP contribution in [0.5, 0.6) is 5.75 Å². The van der Waals surface area contributed by atoms with Gasteiger partial charge in [-0.2, -0.15) is 0 Å². The monoisotopic (exact) mass is 341 g/mol. The van der Waals surface area contributed by atoms with Crippen LogP contribution in [-0.4, -0.2) is 11.6 Å². The van der Waals surface area contributed by atoms with Gasteiger partial charge in [0.15, 0.2) is 5.13 Å². The molecule has 3 aromatic rings. The molecule has 116 valence electrons. The Morgan fingerprint density at radius 3 is 3.00 bits per heavy atom. The molecule has 0 aliphatic carbocycles. The van der Waals surface area contributed by atoms with Crippen LogP contribution in [0.25, 0.3) is 10.2 Å². The summed E-state index contributed by atoms with van der Waals surface area (Å²) in [5, 5.41) is 0.818. The Labute approximate surface area is 143 Å². The van der Waals surface area contributed by atoms with Gasteiger partial charge in [-0.1, -0.05) is 17.3 Å². The van der Waals surface area contributed by atoms with Crippen LogP contribution in [0.2, 0.25) is 0 Å². The highest BCUT2D eigenvalue weighted by atomic mass is 32.2. The topological polar surface area (TPSA) is 60.2 Å². The number of anilines is 2. The van der Waals surface area contributed by atoms with Crippen molar-refractivity contribution in [3.05, 3.63) is 42.0 Å². The van der Waals surface area contributed by atoms with Crippen molar-refractivity contribution < 1.29 is 4.74 Å². The van der Waals surface area contributed by atoms with Gasteiger partial charge in [0.1, 0.15) is 5.75 Å². The zero-order valence-electron chi connectivity index (χ0n) is 12.5. The van der Waals surface area contributed by atoms with Crippen LogP contribution in [0, 0.1) is 12.3 Å². The van der Waals surface area contributed by atoms with Crippen LogP contribution in [0.3, 0.4) is 0 Å². The van der Waals surface area contributed by atoms with E-state index in [1.807, 2.05) is 37.3 Å². The van der Waals surface area contributed by atoms with Gasteiger partial charge < -0.3 is 15.2 Å². The molecule has 0 aliphatic rings. The van der Waals surface area contributed by atoms with E-state index in [0.29, 0.717) is 12.3 Å². The third-order valence-electron chi connectivity index (χ3n) is 3.08. The predicted molar refractivity (Wildman–Crippen MR) is 99.1 cm³/mol. The third-order valence-corrected chi connectivity index (χ3v) is 5.01. The molecule has 6 heteroatoms. The van der Waals surface area contributed by atoms with Gasteiger partial charge in [0.05, 0.1) is 16.8 Å². The summed E-state index contributed by atoms with van der Waals surface area (Å²) in [7, 11) is 0. The first-order valence-corrected chi connectivity index (χ1v) is 8.65. The Morgan fingerprint density at radius 2 is 2.22 bits per heavy atom. The molecular formula is C17H15N3OS2. The highest BCUT2D eigenvalue weighted by Crippen LogP contribution is 2.32. The summed E-state index contributed by atoms with van der Waals surface area (Å²) >= 11 is 3.01. The quantitative estimate of drug-likeness (QED) is 0.410. The molecule has 0 spiro atoms. The minimum absolute atomic E-state index is 0.650. The number of nitrogens with one attached hydrogen (secondary N) is 1. The van der Waals surface area contributed by atoms with Gasteiger partial charge in [0.25, 0.3) is 0 Å². The zero-order valence-corrected chi connectivity index (χ0v) is 14.1. The number of hydrogen-bond acceptors (Lipinski definition) is 6. The molecule has 1 heterocycles. The van der Waals surface area contributed by atoms with Crippen molar-refractivity contribution in [2.24, 2.45) is 0 Å². The van der Waals surface area contributed by atoms with E-state index in [-0.39, 0.29) is 0 Å². The SMILES string of the molecule is C#Cc1cc(N)ccc1SNc1nc2ccc(OCC)cc2s1.